The van der Waals surface area contributed by atoms with Gasteiger partial charge in [-0.2, -0.15) is 4.31 Å². The third-order valence-corrected chi connectivity index (χ3v) is 7.33. The number of aryl methyl sites for hydroxylation is 1. The summed E-state index contributed by atoms with van der Waals surface area (Å²) in [6.45, 7) is 4.46. The van der Waals surface area contributed by atoms with Crippen molar-refractivity contribution in [2.45, 2.75) is 18.4 Å². The summed E-state index contributed by atoms with van der Waals surface area (Å²) in [5.74, 6) is 0.623. The van der Waals surface area contributed by atoms with Crippen molar-refractivity contribution in [3.63, 3.8) is 0 Å². The Balaban J connectivity index is 1.49. The molecule has 158 valence electrons. The van der Waals surface area contributed by atoms with Gasteiger partial charge in [0.25, 0.3) is 0 Å². The molecule has 0 atom stereocenters. The van der Waals surface area contributed by atoms with Crippen molar-refractivity contribution < 1.29 is 17.6 Å². The number of piperazine rings is 1. The van der Waals surface area contributed by atoms with Gasteiger partial charge in [0.1, 0.15) is 11.3 Å². The van der Waals surface area contributed by atoms with E-state index in [-0.39, 0.29) is 0 Å². The number of fused-ring (bicyclic) bond motifs is 1. The molecule has 0 unspecified atom stereocenters. The summed E-state index contributed by atoms with van der Waals surface area (Å²) in [4.78, 5) is 14.5. The second-order valence-electron chi connectivity index (χ2n) is 7.45. The second kappa shape index (κ2) is 8.22. The number of benzene rings is 2. The van der Waals surface area contributed by atoms with Gasteiger partial charge in [0.2, 0.25) is 10.0 Å². The average Bonchev–Trinajstić information content (AvgIpc) is 2.74. The van der Waals surface area contributed by atoms with E-state index in [1.54, 1.807) is 25.3 Å². The summed E-state index contributed by atoms with van der Waals surface area (Å²) in [5.41, 5.74) is 1.96. The van der Waals surface area contributed by atoms with Gasteiger partial charge in [-0.1, -0.05) is 17.7 Å². The molecule has 3 aromatic rings. The van der Waals surface area contributed by atoms with Crippen molar-refractivity contribution in [1.82, 2.24) is 9.21 Å². The van der Waals surface area contributed by atoms with Crippen LogP contribution in [0.5, 0.6) is 5.75 Å². The number of hydrogen-bond acceptors (Lipinski definition) is 6. The van der Waals surface area contributed by atoms with Gasteiger partial charge < -0.3 is 9.15 Å². The van der Waals surface area contributed by atoms with E-state index in [9.17, 15) is 13.2 Å². The Morgan fingerprint density at radius 2 is 1.70 bits per heavy atom. The second-order valence-corrected chi connectivity index (χ2v) is 9.38. The van der Waals surface area contributed by atoms with Gasteiger partial charge in [0, 0.05) is 50.2 Å². The van der Waals surface area contributed by atoms with Crippen LogP contribution < -0.4 is 10.4 Å². The lowest BCUT2D eigenvalue weighted by atomic mass is 10.1. The summed E-state index contributed by atoms with van der Waals surface area (Å²) in [6, 6.07) is 13.8. The maximum Gasteiger partial charge on any atom is 0.336 e. The Bertz CT molecular complexity index is 1210. The van der Waals surface area contributed by atoms with E-state index in [0.29, 0.717) is 49.0 Å². The van der Waals surface area contributed by atoms with Crippen LogP contribution in [-0.4, -0.2) is 50.9 Å². The lowest BCUT2D eigenvalue weighted by Crippen LogP contribution is -2.48. The number of methoxy groups -OCH3 is 1. The fraction of sp³-hybridized carbons (Fsp3) is 0.318. The average molecular weight is 429 g/mol. The van der Waals surface area contributed by atoms with Crippen LogP contribution in [-0.2, 0) is 16.6 Å². The van der Waals surface area contributed by atoms with E-state index >= 15 is 0 Å². The predicted octanol–water partition coefficient (Wildman–Crippen LogP) is 2.62. The van der Waals surface area contributed by atoms with Gasteiger partial charge in [-0.15, -0.1) is 0 Å². The number of rotatable bonds is 5. The first-order valence-electron chi connectivity index (χ1n) is 9.77. The maximum atomic E-state index is 12.9. The van der Waals surface area contributed by atoms with Crippen molar-refractivity contribution >= 4 is 21.0 Å². The van der Waals surface area contributed by atoms with Crippen LogP contribution in [0, 0.1) is 6.92 Å². The molecule has 0 saturated carbocycles. The van der Waals surface area contributed by atoms with E-state index in [2.05, 4.69) is 4.90 Å². The fourth-order valence-electron chi connectivity index (χ4n) is 3.70. The standard InChI is InChI=1S/C22H24N2O5S/c1-16-3-6-19(7-4-16)30(26,27)24-11-9-23(10-12-24)15-17-13-22(25)29-21-14-18(28-2)5-8-20(17)21/h3-8,13-14H,9-12,15H2,1-2H3. The van der Waals surface area contributed by atoms with E-state index in [4.69, 9.17) is 9.15 Å². The van der Waals surface area contributed by atoms with E-state index in [1.807, 2.05) is 31.2 Å². The summed E-state index contributed by atoms with van der Waals surface area (Å²) < 4.78 is 37.8. The summed E-state index contributed by atoms with van der Waals surface area (Å²) >= 11 is 0. The molecule has 30 heavy (non-hydrogen) atoms. The Morgan fingerprint density at radius 3 is 2.37 bits per heavy atom. The SMILES string of the molecule is COc1ccc2c(CN3CCN(S(=O)(=O)c4ccc(C)cc4)CC3)cc(=O)oc2c1. The molecule has 0 aliphatic carbocycles. The molecule has 4 rings (SSSR count). The molecule has 1 aliphatic rings. The van der Waals surface area contributed by atoms with Gasteiger partial charge in [0.05, 0.1) is 12.0 Å². The highest BCUT2D eigenvalue weighted by molar-refractivity contribution is 7.89. The first-order valence-corrected chi connectivity index (χ1v) is 11.2. The minimum Gasteiger partial charge on any atom is -0.497 e. The number of nitrogens with zero attached hydrogens (tertiary/aromatic N) is 2. The fourth-order valence-corrected chi connectivity index (χ4v) is 5.12. The molecule has 1 aromatic heterocycles. The number of ether oxygens (including phenoxy) is 1. The first-order chi connectivity index (χ1) is 14.4. The van der Waals surface area contributed by atoms with Gasteiger partial charge >= 0.3 is 5.63 Å². The first kappa shape index (κ1) is 20.6. The highest BCUT2D eigenvalue weighted by atomic mass is 32.2. The van der Waals surface area contributed by atoms with Crippen molar-refractivity contribution in [2.24, 2.45) is 0 Å². The van der Waals surface area contributed by atoms with Crippen LogP contribution in [0.25, 0.3) is 11.0 Å². The summed E-state index contributed by atoms with van der Waals surface area (Å²) in [6.07, 6.45) is 0. The minimum atomic E-state index is -3.50. The Labute approximate surface area is 175 Å². The van der Waals surface area contributed by atoms with Crippen LogP contribution in [0.1, 0.15) is 11.1 Å². The van der Waals surface area contributed by atoms with Crippen molar-refractivity contribution in [2.75, 3.05) is 33.3 Å². The molecule has 0 bridgehead atoms. The summed E-state index contributed by atoms with van der Waals surface area (Å²) in [7, 11) is -1.93. The Morgan fingerprint density at radius 1 is 1.00 bits per heavy atom. The molecule has 0 radical (unpaired) electrons. The van der Waals surface area contributed by atoms with Gasteiger partial charge in [0.15, 0.2) is 0 Å². The van der Waals surface area contributed by atoms with Gasteiger partial charge in [-0.05, 0) is 36.8 Å². The lowest BCUT2D eigenvalue weighted by molar-refractivity contribution is 0.182. The van der Waals surface area contributed by atoms with Crippen molar-refractivity contribution in [3.8, 4) is 5.75 Å². The third kappa shape index (κ3) is 4.12. The molecule has 1 saturated heterocycles. The van der Waals surface area contributed by atoms with Gasteiger partial charge in [-0.25, -0.2) is 13.2 Å². The molecule has 8 heteroatoms. The predicted molar refractivity (Wildman–Crippen MR) is 114 cm³/mol. The monoisotopic (exact) mass is 428 g/mol. The maximum absolute atomic E-state index is 12.9. The molecule has 2 heterocycles. The molecule has 7 nitrogen and oxygen atoms in total. The smallest absolute Gasteiger partial charge is 0.336 e. The Hall–Kier alpha value is -2.68. The van der Waals surface area contributed by atoms with Crippen LogP contribution >= 0.6 is 0 Å². The lowest BCUT2D eigenvalue weighted by Gasteiger charge is -2.34. The Kier molecular flexibility index (Phi) is 5.64. The highest BCUT2D eigenvalue weighted by Gasteiger charge is 2.28. The summed E-state index contributed by atoms with van der Waals surface area (Å²) in [5, 5.41) is 0.852. The number of hydrogen-bond donors (Lipinski definition) is 0. The van der Waals surface area contributed by atoms with Crippen LogP contribution in [0.2, 0.25) is 0 Å². The molecule has 2 aromatic carbocycles. The van der Waals surface area contributed by atoms with Crippen molar-refractivity contribution in [3.05, 3.63) is 70.1 Å². The quantitative estimate of drug-likeness (QED) is 0.581. The van der Waals surface area contributed by atoms with E-state index in [0.717, 1.165) is 16.5 Å². The normalized spacial score (nSPS) is 16.1. The van der Waals surface area contributed by atoms with Gasteiger partial charge in [-0.3, -0.25) is 4.90 Å². The highest BCUT2D eigenvalue weighted by Crippen LogP contribution is 2.24. The van der Waals surface area contributed by atoms with E-state index in [1.165, 1.54) is 10.4 Å². The zero-order valence-electron chi connectivity index (χ0n) is 17.0. The molecular weight excluding hydrogens is 404 g/mol. The topological polar surface area (TPSA) is 80.1 Å². The van der Waals surface area contributed by atoms with Crippen molar-refractivity contribution in [1.29, 1.82) is 0 Å². The van der Waals surface area contributed by atoms with Crippen LogP contribution in [0.4, 0.5) is 0 Å². The van der Waals surface area contributed by atoms with E-state index < -0.39 is 15.6 Å². The molecular formula is C22H24N2O5S. The van der Waals surface area contributed by atoms with Crippen LogP contribution in [0.15, 0.2) is 62.6 Å². The van der Waals surface area contributed by atoms with Crippen LogP contribution in [0.3, 0.4) is 0 Å². The minimum absolute atomic E-state index is 0.321. The number of sulfonamides is 1. The zero-order chi connectivity index (χ0) is 21.3. The molecule has 0 N–H and O–H groups in total. The molecule has 1 fully saturated rings. The third-order valence-electron chi connectivity index (χ3n) is 5.42. The molecule has 0 amide bonds. The molecule has 1 aliphatic heterocycles. The molecule has 0 spiro atoms. The largest absolute Gasteiger partial charge is 0.497 e. The zero-order valence-corrected chi connectivity index (χ0v) is 17.8.